The number of nitrogens with one attached hydrogen (secondary N) is 2. The summed E-state index contributed by atoms with van der Waals surface area (Å²) in [5, 5.41) is 18.4. The quantitative estimate of drug-likeness (QED) is 0.797. The van der Waals surface area contributed by atoms with Gasteiger partial charge in [-0.2, -0.15) is 5.10 Å². The topological polar surface area (TPSA) is 108 Å². The van der Waals surface area contributed by atoms with E-state index in [9.17, 15) is 9.59 Å². The number of amides is 1. The number of aliphatic carboxylic acids is 1. The van der Waals surface area contributed by atoms with Gasteiger partial charge in [0.25, 0.3) is 0 Å². The molecule has 2 atom stereocenters. The molecule has 1 aromatic carbocycles. The molecule has 1 aromatic heterocycles. The third-order valence-electron chi connectivity index (χ3n) is 4.22. The molecule has 0 saturated heterocycles. The lowest BCUT2D eigenvalue weighted by Gasteiger charge is -2.06. The third kappa shape index (κ3) is 2.34. The number of aromatic nitrogens is 3. The van der Waals surface area contributed by atoms with Crippen molar-refractivity contribution >= 4 is 17.6 Å². The molecule has 114 valence electrons. The molecule has 1 fully saturated rings. The van der Waals surface area contributed by atoms with Crippen molar-refractivity contribution in [3.63, 3.8) is 0 Å². The van der Waals surface area contributed by atoms with Crippen LogP contribution in [0.25, 0.3) is 11.4 Å². The van der Waals surface area contributed by atoms with Gasteiger partial charge in [-0.05, 0) is 29.7 Å². The number of nitrogens with zero attached hydrogens (tertiary/aromatic N) is 2. The predicted molar refractivity (Wildman–Crippen MR) is 78.8 cm³/mol. The smallest absolute Gasteiger partial charge is 0.307 e. The van der Waals surface area contributed by atoms with Gasteiger partial charge in [-0.25, -0.2) is 4.98 Å². The Kier molecular flexibility index (Phi) is 3.20. The first kappa shape index (κ1) is 14.2. The number of aromatic amines is 1. The molecule has 3 N–H and O–H groups in total. The molecule has 1 aliphatic rings. The van der Waals surface area contributed by atoms with Crippen LogP contribution >= 0.6 is 0 Å². The highest BCUT2D eigenvalue weighted by Crippen LogP contribution is 2.58. The number of anilines is 1. The first-order valence-electron chi connectivity index (χ1n) is 6.90. The summed E-state index contributed by atoms with van der Waals surface area (Å²) in [5.74, 6) is -1.66. The molecule has 1 heterocycles. The van der Waals surface area contributed by atoms with Gasteiger partial charge < -0.3 is 10.4 Å². The van der Waals surface area contributed by atoms with E-state index in [-0.39, 0.29) is 5.91 Å². The van der Waals surface area contributed by atoms with Gasteiger partial charge in [0.1, 0.15) is 6.33 Å². The van der Waals surface area contributed by atoms with Crippen molar-refractivity contribution in [3.8, 4) is 11.4 Å². The van der Waals surface area contributed by atoms with E-state index < -0.39 is 23.2 Å². The van der Waals surface area contributed by atoms with Gasteiger partial charge in [-0.3, -0.25) is 14.7 Å². The zero-order chi connectivity index (χ0) is 15.9. The molecule has 7 heteroatoms. The van der Waals surface area contributed by atoms with Gasteiger partial charge in [-0.15, -0.1) is 0 Å². The summed E-state index contributed by atoms with van der Waals surface area (Å²) in [4.78, 5) is 27.4. The third-order valence-corrected chi connectivity index (χ3v) is 4.22. The molecule has 22 heavy (non-hydrogen) atoms. The molecule has 0 bridgehead atoms. The number of hydrogen-bond donors (Lipinski definition) is 3. The normalized spacial score (nSPS) is 22.1. The Morgan fingerprint density at radius 2 is 1.91 bits per heavy atom. The highest BCUT2D eigenvalue weighted by atomic mass is 16.4. The van der Waals surface area contributed by atoms with Crippen molar-refractivity contribution in [2.45, 2.75) is 13.8 Å². The highest BCUT2D eigenvalue weighted by Gasteiger charge is 2.65. The van der Waals surface area contributed by atoms with Gasteiger partial charge >= 0.3 is 5.97 Å². The van der Waals surface area contributed by atoms with Crippen molar-refractivity contribution in [1.29, 1.82) is 0 Å². The maximum Gasteiger partial charge on any atom is 0.307 e. The summed E-state index contributed by atoms with van der Waals surface area (Å²) >= 11 is 0. The van der Waals surface area contributed by atoms with Gasteiger partial charge in [0, 0.05) is 11.3 Å². The Balaban J connectivity index is 1.69. The summed E-state index contributed by atoms with van der Waals surface area (Å²) in [6, 6.07) is 7.12. The van der Waals surface area contributed by atoms with Gasteiger partial charge in [0.15, 0.2) is 5.82 Å². The number of hydrogen-bond acceptors (Lipinski definition) is 4. The fraction of sp³-hybridized carbons (Fsp3) is 0.333. The average Bonchev–Trinajstić information content (AvgIpc) is 2.84. The second-order valence-corrected chi connectivity index (χ2v) is 6.02. The largest absolute Gasteiger partial charge is 0.481 e. The molecule has 0 aliphatic heterocycles. The molecule has 2 aromatic rings. The fourth-order valence-electron chi connectivity index (χ4n) is 2.86. The lowest BCUT2D eigenvalue weighted by Crippen LogP contribution is -2.17. The first-order valence-corrected chi connectivity index (χ1v) is 6.90. The van der Waals surface area contributed by atoms with Gasteiger partial charge in [0.2, 0.25) is 5.91 Å². The molecule has 1 saturated carbocycles. The number of carbonyl (C=O) groups is 2. The lowest BCUT2D eigenvalue weighted by atomic mass is 10.1. The number of carboxylic acid groups (broad SMARTS) is 1. The second kappa shape index (κ2) is 4.94. The number of rotatable bonds is 4. The summed E-state index contributed by atoms with van der Waals surface area (Å²) in [7, 11) is 0. The van der Waals surface area contributed by atoms with E-state index in [1.54, 1.807) is 26.0 Å². The molecule has 0 radical (unpaired) electrons. The standard InChI is InChI=1S/C15H16N4O3/c1-15(2)10(11(15)14(21)22)13(20)18-9-5-3-8(4-6-9)12-16-7-17-19-12/h3-7,10-11H,1-2H3,(H,18,20)(H,21,22)(H,16,17,19)/t10-,11+/m1/s1. The van der Waals surface area contributed by atoms with E-state index in [1.165, 1.54) is 6.33 Å². The van der Waals surface area contributed by atoms with Crippen LogP contribution in [0.4, 0.5) is 5.69 Å². The van der Waals surface area contributed by atoms with E-state index in [0.29, 0.717) is 11.5 Å². The van der Waals surface area contributed by atoms with Crippen LogP contribution in [0.15, 0.2) is 30.6 Å². The molecule has 0 spiro atoms. The number of benzene rings is 1. The Morgan fingerprint density at radius 1 is 1.23 bits per heavy atom. The molecule has 3 rings (SSSR count). The number of carbonyl (C=O) groups excluding carboxylic acids is 1. The van der Waals surface area contributed by atoms with Gasteiger partial charge in [-0.1, -0.05) is 13.8 Å². The molecule has 7 nitrogen and oxygen atoms in total. The first-order chi connectivity index (χ1) is 10.4. The van der Waals surface area contributed by atoms with Crippen LogP contribution in [0.1, 0.15) is 13.8 Å². The van der Waals surface area contributed by atoms with E-state index >= 15 is 0 Å². The van der Waals surface area contributed by atoms with Crippen molar-refractivity contribution in [2.75, 3.05) is 5.32 Å². The van der Waals surface area contributed by atoms with Crippen molar-refractivity contribution < 1.29 is 14.7 Å². The Morgan fingerprint density at radius 3 is 2.41 bits per heavy atom. The van der Waals surface area contributed by atoms with E-state index in [0.717, 1.165) is 5.56 Å². The summed E-state index contributed by atoms with van der Waals surface area (Å²) in [6.07, 6.45) is 1.42. The molecular formula is C15H16N4O3. The van der Waals surface area contributed by atoms with Crippen LogP contribution in [0, 0.1) is 17.3 Å². The summed E-state index contributed by atoms with van der Waals surface area (Å²) in [6.45, 7) is 3.59. The summed E-state index contributed by atoms with van der Waals surface area (Å²) in [5.41, 5.74) is 0.973. The van der Waals surface area contributed by atoms with Crippen LogP contribution in [0.3, 0.4) is 0 Å². The van der Waals surface area contributed by atoms with E-state index in [2.05, 4.69) is 20.5 Å². The SMILES string of the molecule is CC1(C)[C@H](C(=O)O)[C@@H]1C(=O)Nc1ccc(-c2ncn[nH]2)cc1. The van der Waals surface area contributed by atoms with Crippen LogP contribution in [0.2, 0.25) is 0 Å². The number of H-pyrrole nitrogens is 1. The fourth-order valence-corrected chi connectivity index (χ4v) is 2.86. The maximum absolute atomic E-state index is 12.2. The minimum Gasteiger partial charge on any atom is -0.481 e. The summed E-state index contributed by atoms with van der Waals surface area (Å²) < 4.78 is 0. The minimum atomic E-state index is -0.925. The predicted octanol–water partition coefficient (Wildman–Crippen LogP) is 1.77. The maximum atomic E-state index is 12.2. The van der Waals surface area contributed by atoms with Gasteiger partial charge in [0.05, 0.1) is 11.8 Å². The molecule has 0 unspecified atom stereocenters. The zero-order valence-corrected chi connectivity index (χ0v) is 12.2. The van der Waals surface area contributed by atoms with Crippen LogP contribution in [-0.2, 0) is 9.59 Å². The van der Waals surface area contributed by atoms with Crippen LogP contribution in [-0.4, -0.2) is 32.2 Å². The number of carboxylic acids is 1. The van der Waals surface area contributed by atoms with Crippen LogP contribution in [0.5, 0.6) is 0 Å². The molecule has 1 amide bonds. The molecule has 1 aliphatic carbocycles. The Hall–Kier alpha value is -2.70. The average molecular weight is 300 g/mol. The monoisotopic (exact) mass is 300 g/mol. The Labute approximate surface area is 126 Å². The van der Waals surface area contributed by atoms with Crippen molar-refractivity contribution in [1.82, 2.24) is 15.2 Å². The zero-order valence-electron chi connectivity index (χ0n) is 12.2. The second-order valence-electron chi connectivity index (χ2n) is 6.02. The van der Waals surface area contributed by atoms with E-state index in [4.69, 9.17) is 5.11 Å². The van der Waals surface area contributed by atoms with Crippen LogP contribution < -0.4 is 5.32 Å². The lowest BCUT2D eigenvalue weighted by molar-refractivity contribution is -0.140. The molecular weight excluding hydrogens is 284 g/mol. The highest BCUT2D eigenvalue weighted by molar-refractivity contribution is 5.99. The van der Waals surface area contributed by atoms with Crippen molar-refractivity contribution in [2.24, 2.45) is 17.3 Å². The van der Waals surface area contributed by atoms with E-state index in [1.807, 2.05) is 12.1 Å². The van der Waals surface area contributed by atoms with Crippen molar-refractivity contribution in [3.05, 3.63) is 30.6 Å². The minimum absolute atomic E-state index is 0.259. The Bertz CT molecular complexity index is 707.